The van der Waals surface area contributed by atoms with Crippen molar-refractivity contribution in [3.63, 3.8) is 0 Å². The maximum absolute atomic E-state index is 10.8. The molecule has 0 aliphatic heterocycles. The first-order chi connectivity index (χ1) is 7.34. The summed E-state index contributed by atoms with van der Waals surface area (Å²) in [6.45, 7) is 1.40. The standard InChI is InChI=1S/C10H12N4O/c15-10-13-7-9(14-10)6-12-5-8-1-3-11-4-2-8/h1-4,7,12H,5-6H2,(H2,13,14,15). The highest BCUT2D eigenvalue weighted by Crippen LogP contribution is 1.95. The van der Waals surface area contributed by atoms with E-state index in [2.05, 4.69) is 20.3 Å². The van der Waals surface area contributed by atoms with E-state index in [1.165, 1.54) is 5.56 Å². The number of hydrogen-bond donors (Lipinski definition) is 3. The predicted molar refractivity (Wildman–Crippen MR) is 56.2 cm³/mol. The number of hydrogen-bond acceptors (Lipinski definition) is 3. The number of rotatable bonds is 4. The number of imidazole rings is 1. The van der Waals surface area contributed by atoms with Crippen molar-refractivity contribution < 1.29 is 0 Å². The van der Waals surface area contributed by atoms with Crippen LogP contribution < -0.4 is 11.0 Å². The Labute approximate surface area is 86.6 Å². The van der Waals surface area contributed by atoms with Gasteiger partial charge in [-0.15, -0.1) is 0 Å². The lowest BCUT2D eigenvalue weighted by atomic mass is 10.3. The summed E-state index contributed by atoms with van der Waals surface area (Å²) >= 11 is 0. The second-order valence-corrected chi connectivity index (χ2v) is 3.23. The van der Waals surface area contributed by atoms with Crippen molar-refractivity contribution in [2.24, 2.45) is 0 Å². The molecule has 0 amide bonds. The number of H-pyrrole nitrogens is 2. The molecule has 78 valence electrons. The van der Waals surface area contributed by atoms with Gasteiger partial charge in [0.15, 0.2) is 0 Å². The molecular weight excluding hydrogens is 192 g/mol. The second kappa shape index (κ2) is 4.56. The number of pyridine rings is 1. The third kappa shape index (κ3) is 2.78. The average molecular weight is 204 g/mol. The number of aromatic amines is 2. The molecule has 0 aliphatic carbocycles. The Bertz CT molecular complexity index is 460. The minimum Gasteiger partial charge on any atom is -0.313 e. The molecule has 2 aromatic heterocycles. The Morgan fingerprint density at radius 2 is 2.07 bits per heavy atom. The van der Waals surface area contributed by atoms with Crippen molar-refractivity contribution in [2.45, 2.75) is 13.1 Å². The molecule has 0 spiro atoms. The monoisotopic (exact) mass is 204 g/mol. The zero-order valence-electron chi connectivity index (χ0n) is 8.16. The smallest absolute Gasteiger partial charge is 0.313 e. The fraction of sp³-hybridized carbons (Fsp3) is 0.200. The molecular formula is C10H12N4O. The number of nitrogens with zero attached hydrogens (tertiary/aromatic N) is 1. The summed E-state index contributed by atoms with van der Waals surface area (Å²) in [6, 6.07) is 3.90. The highest BCUT2D eigenvalue weighted by molar-refractivity contribution is 5.09. The molecule has 0 saturated heterocycles. The van der Waals surface area contributed by atoms with Crippen LogP contribution in [-0.4, -0.2) is 15.0 Å². The normalized spacial score (nSPS) is 10.4. The van der Waals surface area contributed by atoms with Gasteiger partial charge in [0.1, 0.15) is 0 Å². The Hall–Kier alpha value is -1.88. The van der Waals surface area contributed by atoms with Gasteiger partial charge in [0.25, 0.3) is 0 Å². The maximum atomic E-state index is 10.8. The average Bonchev–Trinajstić information content (AvgIpc) is 2.66. The van der Waals surface area contributed by atoms with Crippen molar-refractivity contribution in [1.29, 1.82) is 0 Å². The highest BCUT2D eigenvalue weighted by Gasteiger charge is 1.95. The first-order valence-corrected chi connectivity index (χ1v) is 4.71. The molecule has 2 aromatic rings. The van der Waals surface area contributed by atoms with E-state index in [-0.39, 0.29) is 5.69 Å². The van der Waals surface area contributed by atoms with Crippen molar-refractivity contribution in [1.82, 2.24) is 20.3 Å². The van der Waals surface area contributed by atoms with Crippen LogP contribution in [0.5, 0.6) is 0 Å². The van der Waals surface area contributed by atoms with Crippen LogP contribution in [0.1, 0.15) is 11.3 Å². The van der Waals surface area contributed by atoms with Gasteiger partial charge in [-0.3, -0.25) is 4.98 Å². The topological polar surface area (TPSA) is 73.6 Å². The van der Waals surface area contributed by atoms with Crippen LogP contribution in [0, 0.1) is 0 Å². The van der Waals surface area contributed by atoms with E-state index < -0.39 is 0 Å². The number of nitrogens with one attached hydrogen (secondary N) is 3. The first kappa shape index (κ1) is 9.67. The maximum Gasteiger partial charge on any atom is 0.323 e. The molecule has 0 bridgehead atoms. The van der Waals surface area contributed by atoms with E-state index in [0.717, 1.165) is 12.2 Å². The molecule has 0 fully saturated rings. The zero-order valence-corrected chi connectivity index (χ0v) is 8.16. The summed E-state index contributed by atoms with van der Waals surface area (Å²) in [7, 11) is 0. The summed E-state index contributed by atoms with van der Waals surface area (Å²) in [5.41, 5.74) is 1.85. The zero-order chi connectivity index (χ0) is 10.5. The molecule has 2 heterocycles. The molecule has 15 heavy (non-hydrogen) atoms. The summed E-state index contributed by atoms with van der Waals surface area (Å²) in [5, 5.41) is 3.21. The van der Waals surface area contributed by atoms with Gasteiger partial charge in [0.2, 0.25) is 0 Å². The molecule has 0 unspecified atom stereocenters. The van der Waals surface area contributed by atoms with Crippen LogP contribution >= 0.6 is 0 Å². The summed E-state index contributed by atoms with van der Waals surface area (Å²) in [4.78, 5) is 19.9. The number of aromatic nitrogens is 3. The SMILES string of the molecule is O=c1[nH]cc(CNCc2ccncc2)[nH]1. The summed E-state index contributed by atoms with van der Waals surface area (Å²) in [5.74, 6) is 0. The Balaban J connectivity index is 1.83. The molecule has 0 aliphatic rings. The molecule has 3 N–H and O–H groups in total. The van der Waals surface area contributed by atoms with Gasteiger partial charge >= 0.3 is 5.69 Å². The van der Waals surface area contributed by atoms with Gasteiger partial charge < -0.3 is 15.3 Å². The van der Waals surface area contributed by atoms with Crippen molar-refractivity contribution in [2.75, 3.05) is 0 Å². The van der Waals surface area contributed by atoms with E-state index in [1.54, 1.807) is 18.6 Å². The van der Waals surface area contributed by atoms with Gasteiger partial charge in [-0.05, 0) is 17.7 Å². The Morgan fingerprint density at radius 1 is 1.27 bits per heavy atom. The van der Waals surface area contributed by atoms with Crippen LogP contribution in [0.25, 0.3) is 0 Å². The predicted octanol–water partition coefficient (Wildman–Crippen LogP) is 0.388. The molecule has 0 aromatic carbocycles. The molecule has 0 atom stereocenters. The quantitative estimate of drug-likeness (QED) is 0.674. The van der Waals surface area contributed by atoms with Crippen LogP contribution in [0.3, 0.4) is 0 Å². The van der Waals surface area contributed by atoms with Crippen molar-refractivity contribution in [3.8, 4) is 0 Å². The van der Waals surface area contributed by atoms with Gasteiger partial charge in [0, 0.05) is 37.4 Å². The first-order valence-electron chi connectivity index (χ1n) is 4.71. The van der Waals surface area contributed by atoms with Crippen molar-refractivity contribution >= 4 is 0 Å². The van der Waals surface area contributed by atoms with Gasteiger partial charge in [-0.25, -0.2) is 4.79 Å². The van der Waals surface area contributed by atoms with Gasteiger partial charge in [0.05, 0.1) is 0 Å². The minimum absolute atomic E-state index is 0.171. The Morgan fingerprint density at radius 3 is 2.73 bits per heavy atom. The fourth-order valence-electron chi connectivity index (χ4n) is 1.31. The van der Waals surface area contributed by atoms with Crippen LogP contribution in [0.4, 0.5) is 0 Å². The molecule has 0 radical (unpaired) electrons. The molecule has 5 heteroatoms. The van der Waals surface area contributed by atoms with E-state index >= 15 is 0 Å². The van der Waals surface area contributed by atoms with Crippen LogP contribution in [0.15, 0.2) is 35.5 Å². The van der Waals surface area contributed by atoms with E-state index in [9.17, 15) is 4.79 Å². The largest absolute Gasteiger partial charge is 0.323 e. The van der Waals surface area contributed by atoms with Crippen LogP contribution in [0.2, 0.25) is 0 Å². The summed E-state index contributed by atoms with van der Waals surface area (Å²) < 4.78 is 0. The third-order valence-corrected chi connectivity index (χ3v) is 2.05. The van der Waals surface area contributed by atoms with E-state index in [4.69, 9.17) is 0 Å². The van der Waals surface area contributed by atoms with Crippen LogP contribution in [-0.2, 0) is 13.1 Å². The third-order valence-electron chi connectivity index (χ3n) is 2.05. The Kier molecular flexibility index (Phi) is 2.94. The molecule has 5 nitrogen and oxygen atoms in total. The molecule has 2 rings (SSSR count). The summed E-state index contributed by atoms with van der Waals surface area (Å²) in [6.07, 6.45) is 5.19. The van der Waals surface area contributed by atoms with E-state index in [1.807, 2.05) is 12.1 Å². The highest BCUT2D eigenvalue weighted by atomic mass is 16.1. The minimum atomic E-state index is -0.171. The lowest BCUT2D eigenvalue weighted by molar-refractivity contribution is 0.681. The van der Waals surface area contributed by atoms with Gasteiger partial charge in [-0.1, -0.05) is 0 Å². The lowest BCUT2D eigenvalue weighted by Crippen LogP contribution is -2.13. The van der Waals surface area contributed by atoms with Crippen molar-refractivity contribution in [3.05, 3.63) is 52.5 Å². The van der Waals surface area contributed by atoms with E-state index in [0.29, 0.717) is 6.54 Å². The second-order valence-electron chi connectivity index (χ2n) is 3.23. The van der Waals surface area contributed by atoms with Gasteiger partial charge in [-0.2, -0.15) is 0 Å². The lowest BCUT2D eigenvalue weighted by Gasteiger charge is -2.02. The molecule has 0 saturated carbocycles. The fourth-order valence-corrected chi connectivity index (χ4v) is 1.31.